The van der Waals surface area contributed by atoms with Crippen LogP contribution in [0.15, 0.2) is 48.0 Å². The number of carbonyl (C=O) groups excluding carboxylic acids is 1. The van der Waals surface area contributed by atoms with Crippen molar-refractivity contribution in [2.24, 2.45) is 0 Å². The highest BCUT2D eigenvalue weighted by atomic mass is 35.5. The fourth-order valence-electron chi connectivity index (χ4n) is 3.77. The summed E-state index contributed by atoms with van der Waals surface area (Å²) in [5.74, 6) is -0.0471. The van der Waals surface area contributed by atoms with Crippen LogP contribution in [0.5, 0.6) is 0 Å². The second kappa shape index (κ2) is 7.69. The summed E-state index contributed by atoms with van der Waals surface area (Å²) in [5, 5.41) is 12.7. The molecule has 0 saturated carbocycles. The van der Waals surface area contributed by atoms with Gasteiger partial charge in [-0.15, -0.1) is 0 Å². The Morgan fingerprint density at radius 1 is 1.32 bits per heavy atom. The minimum Gasteiger partial charge on any atom is -0.369 e. The summed E-state index contributed by atoms with van der Waals surface area (Å²) in [7, 11) is 2.11. The van der Waals surface area contributed by atoms with Gasteiger partial charge >= 0.3 is 0 Å². The molecule has 0 aliphatic carbocycles. The van der Waals surface area contributed by atoms with E-state index in [-0.39, 0.29) is 11.1 Å². The lowest BCUT2D eigenvalue weighted by molar-refractivity contribution is -0.112. The molecule has 2 aromatic carbocycles. The molecule has 1 N–H and O–H groups in total. The first-order valence-electron chi connectivity index (χ1n) is 9.28. The second-order valence-electron chi connectivity index (χ2n) is 7.93. The fraction of sp³-hybridized carbons (Fsp3) is 0.304. The van der Waals surface area contributed by atoms with Crippen molar-refractivity contribution in [1.29, 1.82) is 5.26 Å². The Balaban J connectivity index is 1.88. The summed E-state index contributed by atoms with van der Waals surface area (Å²) in [6.07, 6.45) is 2.68. The number of rotatable bonds is 3. The first-order chi connectivity index (χ1) is 13.2. The topological polar surface area (TPSA) is 56.1 Å². The van der Waals surface area contributed by atoms with Crippen molar-refractivity contribution >= 4 is 35.0 Å². The maximum atomic E-state index is 12.5. The van der Waals surface area contributed by atoms with Crippen LogP contribution in [0.25, 0.3) is 6.08 Å². The number of carbonyl (C=O) groups is 1. The van der Waals surface area contributed by atoms with Gasteiger partial charge in [-0.3, -0.25) is 4.79 Å². The van der Waals surface area contributed by atoms with Gasteiger partial charge in [-0.25, -0.2) is 0 Å². The molecule has 2 aromatic rings. The number of nitrogens with zero attached hydrogens (tertiary/aromatic N) is 2. The van der Waals surface area contributed by atoms with Crippen molar-refractivity contribution in [2.45, 2.75) is 38.6 Å². The Morgan fingerprint density at radius 3 is 2.75 bits per heavy atom. The molecule has 0 aromatic heterocycles. The molecule has 3 rings (SSSR count). The third kappa shape index (κ3) is 4.05. The molecule has 144 valence electrons. The van der Waals surface area contributed by atoms with Gasteiger partial charge in [-0.2, -0.15) is 5.26 Å². The van der Waals surface area contributed by atoms with Crippen LogP contribution in [0.2, 0.25) is 5.02 Å². The lowest BCUT2D eigenvalue weighted by Gasteiger charge is -2.45. The van der Waals surface area contributed by atoms with Gasteiger partial charge in [-0.1, -0.05) is 30.7 Å². The van der Waals surface area contributed by atoms with Crippen molar-refractivity contribution < 1.29 is 4.79 Å². The molecule has 1 atom stereocenters. The lowest BCUT2D eigenvalue weighted by Crippen LogP contribution is -2.45. The summed E-state index contributed by atoms with van der Waals surface area (Å²) in [6.45, 7) is 6.71. The summed E-state index contributed by atoms with van der Waals surface area (Å²) in [6, 6.07) is 15.0. The highest BCUT2D eigenvalue weighted by molar-refractivity contribution is 6.31. The van der Waals surface area contributed by atoms with E-state index in [1.54, 1.807) is 30.3 Å². The van der Waals surface area contributed by atoms with E-state index in [9.17, 15) is 10.1 Å². The molecule has 0 fully saturated rings. The zero-order valence-electron chi connectivity index (χ0n) is 16.6. The summed E-state index contributed by atoms with van der Waals surface area (Å²) < 4.78 is 0. The first kappa shape index (κ1) is 20.0. The Kier molecular flexibility index (Phi) is 5.49. The quantitative estimate of drug-likeness (QED) is 0.544. The van der Waals surface area contributed by atoms with Gasteiger partial charge in [0.25, 0.3) is 5.91 Å². The van der Waals surface area contributed by atoms with E-state index in [4.69, 9.17) is 11.6 Å². The Hall–Kier alpha value is -2.77. The number of hydrogen-bond acceptors (Lipinski definition) is 3. The number of nitriles is 1. The summed E-state index contributed by atoms with van der Waals surface area (Å²) in [5.41, 5.74) is 3.99. The third-order valence-electron chi connectivity index (χ3n) is 5.42. The fourth-order valence-corrected chi connectivity index (χ4v) is 3.96. The van der Waals surface area contributed by atoms with E-state index in [0.29, 0.717) is 16.6 Å². The third-order valence-corrected chi connectivity index (χ3v) is 5.65. The summed E-state index contributed by atoms with van der Waals surface area (Å²) >= 11 is 5.95. The van der Waals surface area contributed by atoms with Gasteiger partial charge in [0.05, 0.1) is 0 Å². The van der Waals surface area contributed by atoms with Crippen molar-refractivity contribution in [3.05, 3.63) is 64.2 Å². The largest absolute Gasteiger partial charge is 0.369 e. The number of amides is 1. The molecule has 0 spiro atoms. The molecule has 1 heterocycles. The molecule has 0 bridgehead atoms. The minimum atomic E-state index is -0.450. The smallest absolute Gasteiger partial charge is 0.266 e. The maximum Gasteiger partial charge on any atom is 0.266 e. The molecule has 1 aliphatic heterocycles. The van der Waals surface area contributed by atoms with Crippen molar-refractivity contribution in [2.75, 3.05) is 17.3 Å². The molecular formula is C23H24ClN3O. The van der Waals surface area contributed by atoms with Gasteiger partial charge in [-0.05, 0) is 73.7 Å². The molecule has 1 unspecified atom stereocenters. The molecule has 5 heteroatoms. The monoisotopic (exact) mass is 393 g/mol. The molecule has 1 aliphatic rings. The number of fused-ring (bicyclic) bond motifs is 1. The van der Waals surface area contributed by atoms with Crippen molar-refractivity contribution in [3.8, 4) is 6.07 Å². The van der Waals surface area contributed by atoms with Crippen molar-refractivity contribution in [3.63, 3.8) is 0 Å². The Bertz CT molecular complexity index is 988. The van der Waals surface area contributed by atoms with E-state index >= 15 is 0 Å². The Labute approximate surface area is 171 Å². The first-order valence-corrected chi connectivity index (χ1v) is 9.65. The maximum absolute atomic E-state index is 12.5. The van der Waals surface area contributed by atoms with Crippen LogP contribution in [0.1, 0.15) is 44.2 Å². The van der Waals surface area contributed by atoms with E-state index in [1.165, 1.54) is 11.3 Å². The van der Waals surface area contributed by atoms with Crippen molar-refractivity contribution in [1.82, 2.24) is 0 Å². The average Bonchev–Trinajstić information content (AvgIpc) is 2.64. The lowest BCUT2D eigenvalue weighted by atomic mass is 9.80. The van der Waals surface area contributed by atoms with E-state index in [1.807, 2.05) is 12.1 Å². The SMILES string of the molecule is CC1CC(C)(C)N(C)c2ccc(/C=C(\C#N)C(=O)Nc3cccc(Cl)c3)cc21. The van der Waals surface area contributed by atoms with Crippen LogP contribution >= 0.6 is 11.6 Å². The predicted molar refractivity (Wildman–Crippen MR) is 116 cm³/mol. The van der Waals surface area contributed by atoms with Gasteiger partial charge < -0.3 is 10.2 Å². The number of nitrogens with one attached hydrogen (secondary N) is 1. The zero-order valence-corrected chi connectivity index (χ0v) is 17.3. The summed E-state index contributed by atoms with van der Waals surface area (Å²) in [4.78, 5) is 14.8. The van der Waals surface area contributed by atoms with E-state index in [0.717, 1.165) is 12.0 Å². The van der Waals surface area contributed by atoms with E-state index in [2.05, 4.69) is 50.2 Å². The predicted octanol–water partition coefficient (Wildman–Crippen LogP) is 5.61. The van der Waals surface area contributed by atoms with Gasteiger partial charge in [0.2, 0.25) is 0 Å². The normalized spacial score (nSPS) is 18.2. The van der Waals surface area contributed by atoms with Crippen LogP contribution in [-0.2, 0) is 4.79 Å². The zero-order chi connectivity index (χ0) is 20.5. The van der Waals surface area contributed by atoms with Gasteiger partial charge in [0.1, 0.15) is 11.6 Å². The van der Waals surface area contributed by atoms with Crippen LogP contribution in [-0.4, -0.2) is 18.5 Å². The second-order valence-corrected chi connectivity index (χ2v) is 8.37. The van der Waals surface area contributed by atoms with Crippen LogP contribution < -0.4 is 10.2 Å². The molecule has 0 radical (unpaired) electrons. The number of halogens is 1. The number of anilines is 2. The number of hydrogen-bond donors (Lipinski definition) is 1. The minimum absolute atomic E-state index is 0.0528. The van der Waals surface area contributed by atoms with Gasteiger partial charge in [0.15, 0.2) is 0 Å². The average molecular weight is 394 g/mol. The molecule has 4 nitrogen and oxygen atoms in total. The molecule has 1 amide bonds. The molecule has 0 saturated heterocycles. The standard InChI is InChI=1S/C23H24ClN3O/c1-15-13-23(2,3)27(4)21-9-8-16(11-20(15)21)10-17(14-25)22(28)26-19-7-5-6-18(24)12-19/h5-12,15H,13H2,1-4H3,(H,26,28)/b17-10+. The highest BCUT2D eigenvalue weighted by Crippen LogP contribution is 2.42. The Morgan fingerprint density at radius 2 is 2.07 bits per heavy atom. The van der Waals surface area contributed by atoms with Gasteiger partial charge in [0, 0.05) is 29.0 Å². The number of benzene rings is 2. The van der Waals surface area contributed by atoms with Crippen LogP contribution in [0.3, 0.4) is 0 Å². The molecular weight excluding hydrogens is 370 g/mol. The molecule has 28 heavy (non-hydrogen) atoms. The highest BCUT2D eigenvalue weighted by Gasteiger charge is 2.33. The van der Waals surface area contributed by atoms with Crippen LogP contribution in [0.4, 0.5) is 11.4 Å². The van der Waals surface area contributed by atoms with E-state index < -0.39 is 5.91 Å². The van der Waals surface area contributed by atoms with Crippen LogP contribution in [0, 0.1) is 11.3 Å².